The highest BCUT2D eigenvalue weighted by molar-refractivity contribution is 7.89. The molecule has 2 fully saturated rings. The van der Waals surface area contributed by atoms with Crippen LogP contribution >= 0.6 is 12.4 Å². The second kappa shape index (κ2) is 8.54. The smallest absolute Gasteiger partial charge is 0.214 e. The van der Waals surface area contributed by atoms with Crippen LogP contribution in [0.5, 0.6) is 0 Å². The number of halogens is 1. The maximum absolute atomic E-state index is 12.3. The van der Waals surface area contributed by atoms with Gasteiger partial charge in [-0.2, -0.15) is 0 Å². The Morgan fingerprint density at radius 1 is 1.20 bits per heavy atom. The lowest BCUT2D eigenvalue weighted by Crippen LogP contribution is -2.42. The fraction of sp³-hybridized carbons (Fsp3) is 1.00. The predicted octanol–water partition coefficient (Wildman–Crippen LogP) is 1.10. The van der Waals surface area contributed by atoms with Crippen LogP contribution in [0.1, 0.15) is 26.2 Å². The molecule has 0 aromatic rings. The van der Waals surface area contributed by atoms with Gasteiger partial charge in [-0.15, -0.1) is 12.4 Å². The Bertz CT molecular complexity index is 364. The van der Waals surface area contributed by atoms with Gasteiger partial charge in [0, 0.05) is 19.7 Å². The Kier molecular flexibility index (Phi) is 7.75. The zero-order chi connectivity index (χ0) is 13.7. The summed E-state index contributed by atoms with van der Waals surface area (Å²) < 4.78 is 31.6. The Morgan fingerprint density at radius 3 is 2.45 bits per heavy atom. The normalized spacial score (nSPS) is 25.6. The number of nitrogens with one attached hydrogen (secondary N) is 1. The van der Waals surface area contributed by atoms with Crippen LogP contribution in [0.15, 0.2) is 0 Å². The summed E-state index contributed by atoms with van der Waals surface area (Å²) in [7, 11) is -3.08. The van der Waals surface area contributed by atoms with E-state index in [1.165, 1.54) is 0 Å². The summed E-state index contributed by atoms with van der Waals surface area (Å²) in [6.45, 7) is 6.79. The van der Waals surface area contributed by atoms with Gasteiger partial charge < -0.3 is 10.1 Å². The third-order valence-corrected chi connectivity index (χ3v) is 6.16. The van der Waals surface area contributed by atoms with Crippen LogP contribution < -0.4 is 5.32 Å². The van der Waals surface area contributed by atoms with Gasteiger partial charge in [-0.3, -0.25) is 0 Å². The zero-order valence-electron chi connectivity index (χ0n) is 12.2. The molecule has 20 heavy (non-hydrogen) atoms. The third-order valence-electron chi connectivity index (χ3n) is 4.12. The molecule has 1 unspecified atom stereocenters. The van der Waals surface area contributed by atoms with Crippen molar-refractivity contribution in [1.29, 1.82) is 0 Å². The lowest BCUT2D eigenvalue weighted by atomic mass is 9.98. The van der Waals surface area contributed by atoms with Crippen LogP contribution in [0.4, 0.5) is 0 Å². The monoisotopic (exact) mass is 326 g/mol. The first-order valence-corrected chi connectivity index (χ1v) is 8.99. The first-order chi connectivity index (χ1) is 9.12. The van der Waals surface area contributed by atoms with E-state index in [0.717, 1.165) is 32.4 Å². The largest absolute Gasteiger partial charge is 0.381 e. The minimum absolute atomic E-state index is 0. The number of hydrogen-bond acceptors (Lipinski definition) is 4. The van der Waals surface area contributed by atoms with Crippen LogP contribution in [0.2, 0.25) is 0 Å². The number of rotatable bonds is 6. The molecule has 0 amide bonds. The van der Waals surface area contributed by atoms with Crippen molar-refractivity contribution in [3.8, 4) is 0 Å². The van der Waals surface area contributed by atoms with Crippen molar-refractivity contribution >= 4 is 22.4 Å². The first-order valence-electron chi connectivity index (χ1n) is 7.38. The SMILES string of the molecule is CCNCC1CCN(S(=O)(=O)CC2CCOC2)CC1.Cl. The van der Waals surface area contributed by atoms with E-state index in [1.54, 1.807) is 4.31 Å². The molecule has 2 rings (SSSR count). The van der Waals surface area contributed by atoms with Gasteiger partial charge in [-0.1, -0.05) is 6.92 Å². The van der Waals surface area contributed by atoms with E-state index in [9.17, 15) is 8.42 Å². The number of nitrogens with zero attached hydrogens (tertiary/aromatic N) is 1. The first kappa shape index (κ1) is 18.2. The molecule has 0 spiro atoms. The van der Waals surface area contributed by atoms with Crippen molar-refractivity contribution in [3.63, 3.8) is 0 Å². The second-order valence-corrected chi connectivity index (χ2v) is 7.67. The van der Waals surface area contributed by atoms with E-state index in [2.05, 4.69) is 12.2 Å². The van der Waals surface area contributed by atoms with Crippen LogP contribution in [-0.4, -0.2) is 57.9 Å². The summed E-state index contributed by atoms with van der Waals surface area (Å²) in [4.78, 5) is 0. The van der Waals surface area contributed by atoms with Crippen molar-refractivity contribution in [1.82, 2.24) is 9.62 Å². The Labute approximate surface area is 128 Å². The zero-order valence-corrected chi connectivity index (χ0v) is 13.8. The summed E-state index contributed by atoms with van der Waals surface area (Å²) in [6.07, 6.45) is 2.84. The molecule has 0 bridgehead atoms. The van der Waals surface area contributed by atoms with Crippen molar-refractivity contribution in [3.05, 3.63) is 0 Å². The van der Waals surface area contributed by atoms with Gasteiger partial charge in [0.15, 0.2) is 0 Å². The van der Waals surface area contributed by atoms with Crippen LogP contribution in [0.25, 0.3) is 0 Å². The van der Waals surface area contributed by atoms with Crippen LogP contribution in [0, 0.1) is 11.8 Å². The van der Waals surface area contributed by atoms with Gasteiger partial charge in [0.05, 0.1) is 12.4 Å². The van der Waals surface area contributed by atoms with Crippen molar-refractivity contribution in [2.45, 2.75) is 26.2 Å². The second-order valence-electron chi connectivity index (χ2n) is 5.66. The van der Waals surface area contributed by atoms with Crippen molar-refractivity contribution < 1.29 is 13.2 Å². The molecule has 0 saturated carbocycles. The molecule has 2 heterocycles. The van der Waals surface area contributed by atoms with E-state index in [1.807, 2.05) is 0 Å². The number of hydrogen-bond donors (Lipinski definition) is 1. The Morgan fingerprint density at radius 2 is 1.90 bits per heavy atom. The average molecular weight is 327 g/mol. The maximum atomic E-state index is 12.3. The quantitative estimate of drug-likeness (QED) is 0.794. The average Bonchev–Trinajstić information content (AvgIpc) is 2.89. The van der Waals surface area contributed by atoms with Crippen LogP contribution in [0.3, 0.4) is 0 Å². The van der Waals surface area contributed by atoms with Crippen LogP contribution in [-0.2, 0) is 14.8 Å². The van der Waals surface area contributed by atoms with E-state index in [4.69, 9.17) is 4.74 Å². The van der Waals surface area contributed by atoms with E-state index >= 15 is 0 Å². The highest BCUT2D eigenvalue weighted by atomic mass is 35.5. The summed E-state index contributed by atoms with van der Waals surface area (Å²) in [5.74, 6) is 1.09. The number of piperidine rings is 1. The lowest BCUT2D eigenvalue weighted by Gasteiger charge is -2.31. The molecule has 5 nitrogen and oxygen atoms in total. The molecule has 2 saturated heterocycles. The summed E-state index contributed by atoms with van der Waals surface area (Å²) in [5.41, 5.74) is 0. The Balaban J connectivity index is 0.00000200. The maximum Gasteiger partial charge on any atom is 0.214 e. The van der Waals surface area contributed by atoms with Gasteiger partial charge in [0.25, 0.3) is 0 Å². The summed E-state index contributed by atoms with van der Waals surface area (Å²) in [6, 6.07) is 0. The molecular formula is C13H27ClN2O3S. The highest BCUT2D eigenvalue weighted by Crippen LogP contribution is 2.22. The Hall–Kier alpha value is 0.120. The number of sulfonamides is 1. The van der Waals surface area contributed by atoms with E-state index in [-0.39, 0.29) is 24.1 Å². The molecular weight excluding hydrogens is 300 g/mol. The topological polar surface area (TPSA) is 58.6 Å². The predicted molar refractivity (Wildman–Crippen MR) is 82.8 cm³/mol. The minimum Gasteiger partial charge on any atom is -0.381 e. The van der Waals surface area contributed by atoms with E-state index in [0.29, 0.717) is 32.2 Å². The molecule has 2 aliphatic heterocycles. The molecule has 120 valence electrons. The van der Waals surface area contributed by atoms with Gasteiger partial charge in [-0.05, 0) is 44.2 Å². The fourth-order valence-corrected chi connectivity index (χ4v) is 4.69. The van der Waals surface area contributed by atoms with Gasteiger partial charge in [0.1, 0.15) is 0 Å². The summed E-state index contributed by atoms with van der Waals surface area (Å²) >= 11 is 0. The van der Waals surface area contributed by atoms with E-state index < -0.39 is 10.0 Å². The van der Waals surface area contributed by atoms with Gasteiger partial charge >= 0.3 is 0 Å². The molecule has 1 N–H and O–H groups in total. The summed E-state index contributed by atoms with van der Waals surface area (Å²) in [5, 5.41) is 3.35. The molecule has 7 heteroatoms. The molecule has 0 aromatic carbocycles. The molecule has 0 aliphatic carbocycles. The molecule has 1 atom stereocenters. The fourth-order valence-electron chi connectivity index (χ4n) is 2.86. The highest BCUT2D eigenvalue weighted by Gasteiger charge is 2.31. The molecule has 0 radical (unpaired) electrons. The standard InChI is InChI=1S/C13H26N2O3S.ClH/c1-2-14-9-12-3-6-15(7-4-12)19(16,17)11-13-5-8-18-10-13;/h12-14H,2-11H2,1H3;1H. The minimum atomic E-state index is -3.08. The third kappa shape index (κ3) is 5.15. The lowest BCUT2D eigenvalue weighted by molar-refractivity contribution is 0.188. The molecule has 0 aromatic heterocycles. The number of ether oxygens (including phenoxy) is 1. The van der Waals surface area contributed by atoms with Crippen molar-refractivity contribution in [2.75, 3.05) is 45.1 Å². The van der Waals surface area contributed by atoms with Gasteiger partial charge in [-0.25, -0.2) is 12.7 Å². The van der Waals surface area contributed by atoms with Crippen molar-refractivity contribution in [2.24, 2.45) is 11.8 Å². The van der Waals surface area contributed by atoms with Gasteiger partial charge in [0.2, 0.25) is 10.0 Å². The molecule has 2 aliphatic rings.